The van der Waals surface area contributed by atoms with Crippen LogP contribution in [0.5, 0.6) is 0 Å². The van der Waals surface area contributed by atoms with Gasteiger partial charge in [-0.3, -0.25) is 4.79 Å². The highest BCUT2D eigenvalue weighted by atomic mass is 19.4. The lowest BCUT2D eigenvalue weighted by molar-refractivity contribution is 0.441. The Hall–Kier alpha value is -1.27. The van der Waals surface area contributed by atoms with Gasteiger partial charge in [-0.25, -0.2) is 4.98 Å². The van der Waals surface area contributed by atoms with Gasteiger partial charge in [-0.1, -0.05) is 0 Å². The van der Waals surface area contributed by atoms with Gasteiger partial charge in [-0.15, -0.1) is 0 Å². The summed E-state index contributed by atoms with van der Waals surface area (Å²) in [5, 5.41) is 0. The fraction of sp³-hybridized carbons (Fsp3) is 0.500. The van der Waals surface area contributed by atoms with Crippen LogP contribution in [0.15, 0.2) is 11.1 Å². The molecule has 2 rings (SSSR count). The summed E-state index contributed by atoms with van der Waals surface area (Å²) >= 11 is 0. The Morgan fingerprint density at radius 1 is 1.40 bits per heavy atom. The number of aryl methyl sites for hydroxylation is 1. The molecule has 0 amide bonds. The highest BCUT2D eigenvalue weighted by Crippen LogP contribution is 2.16. The summed E-state index contributed by atoms with van der Waals surface area (Å²) < 4.78 is 37.1. The van der Waals surface area contributed by atoms with Crippen molar-refractivity contribution in [2.45, 2.75) is 25.7 Å². The number of halogens is 3. The van der Waals surface area contributed by atoms with Crippen molar-refractivity contribution in [2.75, 3.05) is 0 Å². The second-order valence-electron chi connectivity index (χ2n) is 3.69. The molecule has 0 saturated carbocycles. The molecule has 0 spiro atoms. The van der Waals surface area contributed by atoms with E-state index >= 15 is 0 Å². The lowest BCUT2D eigenvalue weighted by atomic mass is 9.92. The van der Waals surface area contributed by atoms with Crippen LogP contribution in [0.25, 0.3) is 0 Å². The fourth-order valence-corrected chi connectivity index (χ4v) is 1.82. The third-order valence-electron chi connectivity index (χ3n) is 2.46. The van der Waals surface area contributed by atoms with E-state index < -0.39 is 19.0 Å². The molecule has 15 heavy (non-hydrogen) atoms. The smallest absolute Gasteiger partial charge is 0.448 e. The monoisotopic (exact) mass is 217 g/mol. The molecule has 82 valence electrons. The number of hydrogen-bond donors (Lipinski definition) is 0. The van der Waals surface area contributed by atoms with E-state index in [-0.39, 0.29) is 0 Å². The second kappa shape index (κ2) is 3.39. The average molecular weight is 217 g/mol. The van der Waals surface area contributed by atoms with E-state index in [1.54, 1.807) is 0 Å². The molecule has 0 N–H and O–H groups in total. The number of fused-ring (bicyclic) bond motifs is 1. The van der Waals surface area contributed by atoms with Crippen molar-refractivity contribution in [3.63, 3.8) is 0 Å². The lowest BCUT2D eigenvalue weighted by Crippen LogP contribution is -2.33. The Morgan fingerprint density at radius 3 is 2.80 bits per heavy atom. The van der Waals surface area contributed by atoms with E-state index in [4.69, 9.17) is 0 Å². The fourth-order valence-electron chi connectivity index (χ4n) is 1.82. The quantitative estimate of drug-likeness (QED) is 0.695. The van der Waals surface area contributed by atoms with Crippen LogP contribution in [-0.4, -0.2) is 16.5 Å². The van der Waals surface area contributed by atoms with Crippen molar-refractivity contribution in [3.05, 3.63) is 27.9 Å². The van der Waals surface area contributed by atoms with E-state index in [0.29, 0.717) is 28.7 Å². The molecule has 0 unspecified atom stereocenters. The van der Waals surface area contributed by atoms with E-state index in [1.165, 1.54) is 0 Å². The third kappa shape index (κ3) is 2.05. The van der Waals surface area contributed by atoms with Gasteiger partial charge in [-0.05, 0) is 25.7 Å². The molecule has 0 saturated heterocycles. The summed E-state index contributed by atoms with van der Waals surface area (Å²) in [5.41, 5.74) is 0.583. The molecule has 7 heteroatoms. The molecule has 0 aliphatic heterocycles. The minimum Gasteiger partial charge on any atom is -0.448 e. The van der Waals surface area contributed by atoms with Crippen LogP contribution < -0.4 is 5.56 Å². The molecule has 0 fully saturated rings. The normalized spacial score (nSPS) is 15.4. The minimum atomic E-state index is -4.99. The van der Waals surface area contributed by atoms with E-state index in [2.05, 4.69) is 4.98 Å². The van der Waals surface area contributed by atoms with Crippen molar-refractivity contribution in [2.24, 2.45) is 0 Å². The molecule has 0 radical (unpaired) electrons. The summed E-state index contributed by atoms with van der Waals surface area (Å²) in [6.07, 6.45) is 1.86. The van der Waals surface area contributed by atoms with E-state index in [0.717, 1.165) is 12.7 Å². The van der Waals surface area contributed by atoms with Crippen LogP contribution in [0.2, 0.25) is 0 Å². The highest BCUT2D eigenvalue weighted by Gasteiger charge is 2.26. The number of rotatable bonds is 2. The van der Waals surface area contributed by atoms with Crippen molar-refractivity contribution in [1.82, 2.24) is 9.55 Å². The van der Waals surface area contributed by atoms with Gasteiger partial charge >= 0.3 is 6.98 Å². The number of hydrogen-bond acceptors (Lipinski definition) is 2. The Labute approximate surface area is 84.0 Å². The van der Waals surface area contributed by atoms with Gasteiger partial charge in [0.15, 0.2) is 0 Å². The Bertz CT molecular complexity index is 440. The van der Waals surface area contributed by atoms with E-state index in [9.17, 15) is 17.7 Å². The van der Waals surface area contributed by atoms with Gasteiger partial charge in [0.05, 0.1) is 12.0 Å². The summed E-state index contributed by atoms with van der Waals surface area (Å²) in [5.74, 6) is 0. The maximum absolute atomic E-state index is 12.1. The summed E-state index contributed by atoms with van der Waals surface area (Å²) in [4.78, 5) is 15.4. The van der Waals surface area contributed by atoms with Crippen LogP contribution in [0.1, 0.15) is 17.7 Å². The van der Waals surface area contributed by atoms with Gasteiger partial charge in [0, 0.05) is 5.56 Å². The molecule has 0 atom stereocenters. The van der Waals surface area contributed by atoms with Gasteiger partial charge in [0.25, 0.3) is 5.56 Å². The van der Waals surface area contributed by atoms with Gasteiger partial charge in [0.2, 0.25) is 0 Å². The highest BCUT2D eigenvalue weighted by molar-refractivity contribution is 6.57. The van der Waals surface area contributed by atoms with Gasteiger partial charge < -0.3 is 17.5 Å². The molecule has 3 nitrogen and oxygen atoms in total. The maximum Gasteiger partial charge on any atom is 0.497 e. The van der Waals surface area contributed by atoms with Crippen LogP contribution in [0.4, 0.5) is 12.9 Å². The first-order valence-electron chi connectivity index (χ1n) is 4.75. The van der Waals surface area contributed by atoms with E-state index in [1.807, 2.05) is 0 Å². The second-order valence-corrected chi connectivity index (χ2v) is 3.69. The topological polar surface area (TPSA) is 34.9 Å². The summed E-state index contributed by atoms with van der Waals surface area (Å²) in [7, 11) is 0. The lowest BCUT2D eigenvalue weighted by Gasteiger charge is -2.15. The zero-order valence-corrected chi connectivity index (χ0v) is 7.92. The van der Waals surface area contributed by atoms with Gasteiger partial charge in [0.1, 0.15) is 0 Å². The minimum absolute atomic E-state index is 0.456. The van der Waals surface area contributed by atoms with Crippen molar-refractivity contribution >= 4 is 6.98 Å². The summed E-state index contributed by atoms with van der Waals surface area (Å²) in [6, 6.07) is 0. The van der Waals surface area contributed by atoms with Crippen LogP contribution in [0.3, 0.4) is 0 Å². The SMILES string of the molecule is O=c1c2c(ncn1C[B-](F)(F)F)CCC2. The molecular weight excluding hydrogens is 208 g/mol. The van der Waals surface area contributed by atoms with Crippen LogP contribution in [-0.2, 0) is 19.3 Å². The Morgan fingerprint density at radius 2 is 2.13 bits per heavy atom. The van der Waals surface area contributed by atoms with Crippen molar-refractivity contribution < 1.29 is 12.9 Å². The number of nitrogens with zero attached hydrogens (tertiary/aromatic N) is 2. The first kappa shape index (κ1) is 10.3. The van der Waals surface area contributed by atoms with Crippen molar-refractivity contribution in [1.29, 1.82) is 0 Å². The Kier molecular flexibility index (Phi) is 2.32. The number of aromatic nitrogens is 2. The predicted molar refractivity (Wildman–Crippen MR) is 49.6 cm³/mol. The molecule has 1 aliphatic carbocycles. The van der Waals surface area contributed by atoms with Crippen LogP contribution in [0, 0.1) is 0 Å². The molecule has 0 bridgehead atoms. The van der Waals surface area contributed by atoms with Crippen LogP contribution >= 0.6 is 0 Å². The average Bonchev–Trinajstić information content (AvgIpc) is 2.56. The first-order valence-corrected chi connectivity index (χ1v) is 4.75. The summed E-state index contributed by atoms with van der Waals surface area (Å²) in [6.45, 7) is -4.99. The molecule has 1 heterocycles. The zero-order chi connectivity index (χ0) is 11.1. The molecule has 1 aromatic heterocycles. The molecule has 1 aliphatic rings. The maximum atomic E-state index is 12.1. The third-order valence-corrected chi connectivity index (χ3v) is 2.46. The van der Waals surface area contributed by atoms with Crippen molar-refractivity contribution in [3.8, 4) is 0 Å². The first-order chi connectivity index (χ1) is 6.97. The predicted octanol–water partition coefficient (Wildman–Crippen LogP) is 1.12. The molecule has 0 aromatic carbocycles. The largest absolute Gasteiger partial charge is 0.497 e. The standard InChI is InChI=1S/C8H9BF3N2O/c10-9(11,12)4-14-5-13-7-3-1-2-6(7)8(14)15/h5H,1-4H2/q-1. The Balaban J connectivity index is 2.39. The van der Waals surface area contributed by atoms with Gasteiger partial charge in [-0.2, -0.15) is 0 Å². The molecule has 1 aromatic rings. The zero-order valence-electron chi connectivity index (χ0n) is 7.92. The molecular formula is C8H9BF3N2O-.